The Hall–Kier alpha value is -0.710. The Labute approximate surface area is 87.4 Å². The minimum atomic E-state index is -3.46. The first kappa shape index (κ1) is 12.4. The maximum absolute atomic E-state index is 13.5. The van der Waals surface area contributed by atoms with Gasteiger partial charge in [0.1, 0.15) is 0 Å². The van der Waals surface area contributed by atoms with Gasteiger partial charge in [-0.25, -0.2) is 4.79 Å². The number of hydrogen-bond acceptors (Lipinski definition) is 3. The molecule has 0 saturated heterocycles. The fraction of sp³-hybridized carbons (Fsp3) is 0.900. The van der Waals surface area contributed by atoms with E-state index in [1.807, 2.05) is 0 Å². The molecule has 1 fully saturated rings. The molecular weight excluding hydrogens is 206 g/mol. The summed E-state index contributed by atoms with van der Waals surface area (Å²) in [6.07, 6.45) is 0.592. The lowest BCUT2D eigenvalue weighted by molar-refractivity contribution is -0.183. The largest absolute Gasteiger partial charge is 0.462 e. The van der Waals surface area contributed by atoms with Gasteiger partial charge in [0.25, 0.3) is 0 Å². The van der Waals surface area contributed by atoms with Gasteiger partial charge in [0, 0.05) is 5.92 Å². The Balaban J connectivity index is 2.62. The van der Waals surface area contributed by atoms with Gasteiger partial charge < -0.3 is 9.84 Å². The molecule has 0 aromatic carbocycles. The smallest absolute Gasteiger partial charge is 0.377 e. The third kappa shape index (κ3) is 2.87. The molecule has 0 radical (unpaired) electrons. The molecule has 1 N–H and O–H groups in total. The summed E-state index contributed by atoms with van der Waals surface area (Å²) in [5, 5.41) is 9.27. The molecule has 1 aliphatic carbocycles. The molecule has 1 rings (SSSR count). The van der Waals surface area contributed by atoms with Gasteiger partial charge in [-0.1, -0.05) is 6.42 Å². The highest BCUT2D eigenvalue weighted by Gasteiger charge is 2.49. The van der Waals surface area contributed by atoms with Crippen LogP contribution in [0.2, 0.25) is 0 Å². The van der Waals surface area contributed by atoms with Crippen LogP contribution < -0.4 is 0 Å². The van der Waals surface area contributed by atoms with Crippen LogP contribution in [0.3, 0.4) is 0 Å². The minimum absolute atomic E-state index is 0.0220. The van der Waals surface area contributed by atoms with E-state index in [2.05, 4.69) is 4.74 Å². The number of alkyl halides is 2. The van der Waals surface area contributed by atoms with Crippen molar-refractivity contribution in [3.8, 4) is 0 Å². The average molecular weight is 222 g/mol. The van der Waals surface area contributed by atoms with Crippen LogP contribution in [0.4, 0.5) is 8.78 Å². The fourth-order valence-corrected chi connectivity index (χ4v) is 1.89. The molecular formula is C10H16F2O3. The van der Waals surface area contributed by atoms with Gasteiger partial charge in [0.15, 0.2) is 0 Å². The van der Waals surface area contributed by atoms with Crippen molar-refractivity contribution in [2.24, 2.45) is 5.92 Å². The van der Waals surface area contributed by atoms with E-state index in [1.54, 1.807) is 0 Å². The predicted molar refractivity (Wildman–Crippen MR) is 49.5 cm³/mol. The van der Waals surface area contributed by atoms with Crippen molar-refractivity contribution >= 4 is 5.97 Å². The SMILES string of the molecule is CCOC(=O)C(F)(F)C1CCCC(O)C1. The lowest BCUT2D eigenvalue weighted by atomic mass is 9.83. The summed E-state index contributed by atoms with van der Waals surface area (Å²) in [6, 6.07) is 0. The standard InChI is InChI=1S/C10H16F2O3/c1-2-15-9(14)10(11,12)7-4-3-5-8(13)6-7/h7-8,13H,2-6H2,1H3. The normalized spacial score (nSPS) is 27.5. The Morgan fingerprint density at radius 1 is 1.53 bits per heavy atom. The van der Waals surface area contributed by atoms with Gasteiger partial charge >= 0.3 is 11.9 Å². The van der Waals surface area contributed by atoms with Crippen LogP contribution in [0.1, 0.15) is 32.6 Å². The van der Waals surface area contributed by atoms with Gasteiger partial charge in [-0.3, -0.25) is 0 Å². The molecule has 88 valence electrons. The number of carbonyl (C=O) groups is 1. The highest BCUT2D eigenvalue weighted by Crippen LogP contribution is 2.37. The molecule has 0 amide bonds. The maximum Gasteiger partial charge on any atom is 0.377 e. The van der Waals surface area contributed by atoms with Gasteiger partial charge in [-0.2, -0.15) is 8.78 Å². The summed E-state index contributed by atoms with van der Waals surface area (Å²) < 4.78 is 31.3. The lowest BCUT2D eigenvalue weighted by Gasteiger charge is -2.30. The van der Waals surface area contributed by atoms with Crippen molar-refractivity contribution in [2.45, 2.75) is 44.6 Å². The zero-order valence-electron chi connectivity index (χ0n) is 8.71. The predicted octanol–water partition coefficient (Wildman–Crippen LogP) is 1.74. The van der Waals surface area contributed by atoms with E-state index >= 15 is 0 Å². The summed E-state index contributed by atoms with van der Waals surface area (Å²) in [6.45, 7) is 1.44. The van der Waals surface area contributed by atoms with Gasteiger partial charge in [-0.05, 0) is 26.2 Å². The van der Waals surface area contributed by atoms with Crippen molar-refractivity contribution in [1.82, 2.24) is 0 Å². The summed E-state index contributed by atoms with van der Waals surface area (Å²) >= 11 is 0. The molecule has 5 heteroatoms. The number of carbonyl (C=O) groups excluding carboxylic acids is 1. The Kier molecular flexibility index (Phi) is 4.02. The number of rotatable bonds is 3. The highest BCUT2D eigenvalue weighted by atomic mass is 19.3. The summed E-state index contributed by atoms with van der Waals surface area (Å²) in [5.41, 5.74) is 0. The van der Waals surface area contributed by atoms with Crippen LogP contribution in [0, 0.1) is 5.92 Å². The van der Waals surface area contributed by atoms with Crippen LogP contribution >= 0.6 is 0 Å². The lowest BCUT2D eigenvalue weighted by Crippen LogP contribution is -2.42. The highest BCUT2D eigenvalue weighted by molar-refractivity contribution is 5.77. The quantitative estimate of drug-likeness (QED) is 0.740. The number of halogens is 2. The first-order valence-corrected chi connectivity index (χ1v) is 5.21. The molecule has 15 heavy (non-hydrogen) atoms. The third-order valence-electron chi connectivity index (χ3n) is 2.71. The van der Waals surface area contributed by atoms with Crippen molar-refractivity contribution in [2.75, 3.05) is 6.61 Å². The van der Waals surface area contributed by atoms with Crippen LogP contribution in [0.25, 0.3) is 0 Å². The average Bonchev–Trinajstić information content (AvgIpc) is 2.18. The monoisotopic (exact) mass is 222 g/mol. The van der Waals surface area contributed by atoms with Crippen LogP contribution in [-0.4, -0.2) is 29.7 Å². The van der Waals surface area contributed by atoms with Crippen molar-refractivity contribution in [3.05, 3.63) is 0 Å². The summed E-state index contributed by atoms with van der Waals surface area (Å²) in [5.74, 6) is -6.01. The molecule has 2 atom stereocenters. The maximum atomic E-state index is 13.5. The molecule has 1 aliphatic rings. The van der Waals surface area contributed by atoms with E-state index in [-0.39, 0.29) is 19.4 Å². The molecule has 0 heterocycles. The number of ether oxygens (including phenoxy) is 1. The molecule has 0 aromatic heterocycles. The van der Waals surface area contributed by atoms with E-state index in [1.165, 1.54) is 6.92 Å². The second-order valence-electron chi connectivity index (χ2n) is 3.86. The number of hydrogen-bond donors (Lipinski definition) is 1. The second kappa shape index (κ2) is 4.88. The molecule has 1 saturated carbocycles. The van der Waals surface area contributed by atoms with Gasteiger partial charge in [-0.15, -0.1) is 0 Å². The first-order chi connectivity index (χ1) is 6.98. The molecule has 0 aromatic rings. The van der Waals surface area contributed by atoms with E-state index < -0.39 is 23.9 Å². The Bertz CT molecular complexity index is 231. The molecule has 2 unspecified atom stereocenters. The number of esters is 1. The molecule has 0 spiro atoms. The van der Waals surface area contributed by atoms with Crippen molar-refractivity contribution in [1.29, 1.82) is 0 Å². The van der Waals surface area contributed by atoms with Crippen LogP contribution in [0.15, 0.2) is 0 Å². The molecule has 0 aliphatic heterocycles. The van der Waals surface area contributed by atoms with E-state index in [4.69, 9.17) is 0 Å². The fourth-order valence-electron chi connectivity index (χ4n) is 1.89. The van der Waals surface area contributed by atoms with Crippen LogP contribution in [-0.2, 0) is 9.53 Å². The van der Waals surface area contributed by atoms with Gasteiger partial charge in [0.2, 0.25) is 0 Å². The van der Waals surface area contributed by atoms with Crippen molar-refractivity contribution < 1.29 is 23.4 Å². The Morgan fingerprint density at radius 2 is 2.20 bits per heavy atom. The third-order valence-corrected chi connectivity index (χ3v) is 2.71. The zero-order chi connectivity index (χ0) is 11.5. The molecule has 0 bridgehead atoms. The number of aliphatic hydroxyl groups is 1. The van der Waals surface area contributed by atoms with Crippen LogP contribution in [0.5, 0.6) is 0 Å². The van der Waals surface area contributed by atoms with E-state index in [0.29, 0.717) is 12.8 Å². The minimum Gasteiger partial charge on any atom is -0.462 e. The zero-order valence-corrected chi connectivity index (χ0v) is 8.71. The Morgan fingerprint density at radius 3 is 2.73 bits per heavy atom. The second-order valence-corrected chi connectivity index (χ2v) is 3.86. The van der Waals surface area contributed by atoms with Crippen molar-refractivity contribution in [3.63, 3.8) is 0 Å². The topological polar surface area (TPSA) is 46.5 Å². The molecule has 3 nitrogen and oxygen atoms in total. The van der Waals surface area contributed by atoms with E-state index in [0.717, 1.165) is 0 Å². The number of aliphatic hydroxyl groups excluding tert-OH is 1. The summed E-state index contributed by atoms with van der Waals surface area (Å²) in [7, 11) is 0. The first-order valence-electron chi connectivity index (χ1n) is 5.21. The van der Waals surface area contributed by atoms with Gasteiger partial charge in [0.05, 0.1) is 12.7 Å². The van der Waals surface area contributed by atoms with E-state index in [9.17, 15) is 18.7 Å². The summed E-state index contributed by atoms with van der Waals surface area (Å²) in [4.78, 5) is 11.0.